The number of rotatable bonds is 1. The number of carbonyl (C=O) groups excluding carboxylic acids is 1. The van der Waals surface area contributed by atoms with Gasteiger partial charge in [-0.2, -0.15) is 0 Å². The van der Waals surface area contributed by atoms with Gasteiger partial charge in [-0.3, -0.25) is 4.79 Å². The first-order chi connectivity index (χ1) is 10.1. The summed E-state index contributed by atoms with van der Waals surface area (Å²) >= 11 is 12.0. The molecule has 21 heavy (non-hydrogen) atoms. The van der Waals surface area contributed by atoms with E-state index in [4.69, 9.17) is 27.9 Å². The number of benzene rings is 2. The predicted molar refractivity (Wildman–Crippen MR) is 81.8 cm³/mol. The number of likely N-dealkylation sites (N-methyl/N-ethyl adjacent to an activating group) is 1. The van der Waals surface area contributed by atoms with E-state index in [9.17, 15) is 4.79 Å². The van der Waals surface area contributed by atoms with Gasteiger partial charge in [0.25, 0.3) is 5.91 Å². The molecule has 2 aromatic rings. The van der Waals surface area contributed by atoms with Gasteiger partial charge in [0.2, 0.25) is 5.60 Å². The van der Waals surface area contributed by atoms with E-state index in [1.807, 2.05) is 30.3 Å². The first-order valence-corrected chi connectivity index (χ1v) is 7.32. The lowest BCUT2D eigenvalue weighted by Gasteiger charge is -2.08. The normalized spacial score (nSPS) is 26.3. The first-order valence-electron chi connectivity index (χ1n) is 6.56. The van der Waals surface area contributed by atoms with Gasteiger partial charge >= 0.3 is 0 Å². The maximum Gasteiger partial charge on any atom is 0.266 e. The van der Waals surface area contributed by atoms with Crippen LogP contribution in [0.1, 0.15) is 17.2 Å². The summed E-state index contributed by atoms with van der Waals surface area (Å²) in [7, 11) is 1.77. The number of anilines is 1. The van der Waals surface area contributed by atoms with Crippen molar-refractivity contribution in [1.82, 2.24) is 0 Å². The van der Waals surface area contributed by atoms with Crippen LogP contribution in [0.25, 0.3) is 0 Å². The number of amides is 1. The zero-order valence-electron chi connectivity index (χ0n) is 11.1. The number of carbonyl (C=O) groups is 1. The molecule has 0 saturated carbocycles. The molecule has 0 aliphatic carbocycles. The molecule has 1 fully saturated rings. The van der Waals surface area contributed by atoms with Crippen molar-refractivity contribution in [2.24, 2.45) is 0 Å². The van der Waals surface area contributed by atoms with Crippen LogP contribution in [-0.2, 0) is 15.1 Å². The number of hydrogen-bond acceptors (Lipinski definition) is 2. The number of halogens is 2. The maximum atomic E-state index is 12.6. The molecule has 5 heteroatoms. The second kappa shape index (κ2) is 4.23. The Hall–Kier alpha value is -1.55. The average Bonchev–Trinajstić information content (AvgIpc) is 3.21. The summed E-state index contributed by atoms with van der Waals surface area (Å²) in [6.07, 6.45) is -0.314. The van der Waals surface area contributed by atoms with E-state index < -0.39 is 5.60 Å². The highest BCUT2D eigenvalue weighted by Gasteiger charge is 2.69. The molecule has 0 radical (unpaired) electrons. The standard InChI is InChI=1S/C16H11Cl2NO2/c1-19-13-5-3-2-4-10(13)16(15(19)20)14(21-16)9-6-7-11(17)12(18)8-9/h2-8,14H,1H3. The maximum absolute atomic E-state index is 12.6. The van der Waals surface area contributed by atoms with Gasteiger partial charge in [0, 0.05) is 12.6 Å². The lowest BCUT2D eigenvalue weighted by atomic mass is 9.93. The SMILES string of the molecule is CN1C(=O)C2(OC2c2ccc(Cl)c(Cl)c2)c2ccccc21. The van der Waals surface area contributed by atoms with Gasteiger partial charge in [-0.1, -0.05) is 47.5 Å². The van der Waals surface area contributed by atoms with Crippen LogP contribution in [0.3, 0.4) is 0 Å². The molecule has 4 rings (SSSR count). The van der Waals surface area contributed by atoms with Crippen molar-refractivity contribution in [1.29, 1.82) is 0 Å². The summed E-state index contributed by atoms with van der Waals surface area (Å²) in [4.78, 5) is 14.3. The molecular weight excluding hydrogens is 309 g/mol. The summed E-state index contributed by atoms with van der Waals surface area (Å²) in [5.41, 5.74) is 1.77. The van der Waals surface area contributed by atoms with E-state index in [-0.39, 0.29) is 12.0 Å². The highest BCUT2D eigenvalue weighted by atomic mass is 35.5. The molecular formula is C16H11Cl2NO2. The monoisotopic (exact) mass is 319 g/mol. The molecule has 2 heterocycles. The summed E-state index contributed by atoms with van der Waals surface area (Å²) < 4.78 is 5.86. The topological polar surface area (TPSA) is 32.8 Å². The van der Waals surface area contributed by atoms with Crippen LogP contribution in [0, 0.1) is 0 Å². The van der Waals surface area contributed by atoms with Crippen LogP contribution in [0.5, 0.6) is 0 Å². The quantitative estimate of drug-likeness (QED) is 0.746. The minimum absolute atomic E-state index is 0.0419. The number of nitrogens with zero attached hydrogens (tertiary/aromatic N) is 1. The van der Waals surface area contributed by atoms with Crippen LogP contribution in [-0.4, -0.2) is 13.0 Å². The number of hydrogen-bond donors (Lipinski definition) is 0. The third-order valence-electron chi connectivity index (χ3n) is 4.15. The molecule has 1 saturated heterocycles. The van der Waals surface area contributed by atoms with Crippen molar-refractivity contribution < 1.29 is 9.53 Å². The van der Waals surface area contributed by atoms with Crippen molar-refractivity contribution >= 4 is 34.8 Å². The fraction of sp³-hybridized carbons (Fsp3) is 0.188. The van der Waals surface area contributed by atoms with Crippen molar-refractivity contribution in [3.63, 3.8) is 0 Å². The van der Waals surface area contributed by atoms with E-state index in [1.165, 1.54) is 0 Å². The molecule has 1 spiro atoms. The first kappa shape index (κ1) is 13.1. The fourth-order valence-corrected chi connectivity index (χ4v) is 3.36. The molecule has 0 aromatic heterocycles. The Balaban J connectivity index is 1.81. The number of ether oxygens (including phenoxy) is 1. The van der Waals surface area contributed by atoms with Gasteiger partial charge < -0.3 is 9.64 Å². The third kappa shape index (κ3) is 1.62. The molecule has 2 aromatic carbocycles. The lowest BCUT2D eigenvalue weighted by Crippen LogP contribution is -2.29. The second-order valence-electron chi connectivity index (χ2n) is 5.29. The van der Waals surface area contributed by atoms with Gasteiger partial charge in [0.15, 0.2) is 0 Å². The molecule has 3 nitrogen and oxygen atoms in total. The van der Waals surface area contributed by atoms with Crippen molar-refractivity contribution in [3.8, 4) is 0 Å². The zero-order valence-corrected chi connectivity index (χ0v) is 12.7. The fourth-order valence-electron chi connectivity index (χ4n) is 3.05. The summed E-state index contributed by atoms with van der Waals surface area (Å²) in [6.45, 7) is 0. The summed E-state index contributed by atoms with van der Waals surface area (Å²) in [5.74, 6) is -0.0419. The van der Waals surface area contributed by atoms with Gasteiger partial charge in [0.1, 0.15) is 6.10 Å². The van der Waals surface area contributed by atoms with Crippen molar-refractivity contribution in [2.75, 3.05) is 11.9 Å². The number of epoxide rings is 1. The van der Waals surface area contributed by atoms with E-state index in [0.29, 0.717) is 10.0 Å². The lowest BCUT2D eigenvalue weighted by molar-refractivity contribution is -0.122. The molecule has 0 bridgehead atoms. The molecule has 2 aliphatic rings. The zero-order chi connectivity index (χ0) is 14.8. The molecule has 106 valence electrons. The number of para-hydroxylation sites is 1. The summed E-state index contributed by atoms with van der Waals surface area (Å²) in [6, 6.07) is 13.0. The van der Waals surface area contributed by atoms with Crippen molar-refractivity contribution in [2.45, 2.75) is 11.7 Å². The Morgan fingerprint density at radius 2 is 1.90 bits per heavy atom. The Kier molecular flexibility index (Phi) is 2.65. The Morgan fingerprint density at radius 3 is 2.67 bits per heavy atom. The minimum Gasteiger partial charge on any atom is -0.345 e. The van der Waals surface area contributed by atoms with Crippen LogP contribution < -0.4 is 4.90 Å². The highest BCUT2D eigenvalue weighted by Crippen LogP contribution is 2.63. The van der Waals surface area contributed by atoms with Crippen LogP contribution >= 0.6 is 23.2 Å². The molecule has 0 N–H and O–H groups in total. The smallest absolute Gasteiger partial charge is 0.266 e. The van der Waals surface area contributed by atoms with Gasteiger partial charge in [0.05, 0.1) is 15.7 Å². The molecule has 2 atom stereocenters. The largest absolute Gasteiger partial charge is 0.345 e. The minimum atomic E-state index is -0.900. The summed E-state index contributed by atoms with van der Waals surface area (Å²) in [5, 5.41) is 0.956. The highest BCUT2D eigenvalue weighted by molar-refractivity contribution is 6.42. The van der Waals surface area contributed by atoms with Crippen LogP contribution in [0.2, 0.25) is 10.0 Å². The Labute approximate surface area is 132 Å². The van der Waals surface area contributed by atoms with E-state index in [2.05, 4.69) is 0 Å². The second-order valence-corrected chi connectivity index (χ2v) is 6.10. The number of fused-ring (bicyclic) bond motifs is 2. The molecule has 2 aliphatic heterocycles. The van der Waals surface area contributed by atoms with Gasteiger partial charge in [-0.25, -0.2) is 0 Å². The van der Waals surface area contributed by atoms with Crippen LogP contribution in [0.4, 0.5) is 5.69 Å². The Morgan fingerprint density at radius 1 is 1.14 bits per heavy atom. The third-order valence-corrected chi connectivity index (χ3v) is 4.89. The van der Waals surface area contributed by atoms with Crippen molar-refractivity contribution in [3.05, 3.63) is 63.6 Å². The van der Waals surface area contributed by atoms with Gasteiger partial charge in [-0.15, -0.1) is 0 Å². The van der Waals surface area contributed by atoms with Crippen LogP contribution in [0.15, 0.2) is 42.5 Å². The Bertz CT molecular complexity index is 777. The van der Waals surface area contributed by atoms with E-state index in [1.54, 1.807) is 24.1 Å². The molecule has 2 unspecified atom stereocenters. The predicted octanol–water partition coefficient (Wildman–Crippen LogP) is 3.94. The average molecular weight is 320 g/mol. The van der Waals surface area contributed by atoms with E-state index >= 15 is 0 Å². The van der Waals surface area contributed by atoms with E-state index in [0.717, 1.165) is 16.8 Å². The molecule has 1 amide bonds. The van der Waals surface area contributed by atoms with Gasteiger partial charge in [-0.05, 0) is 23.8 Å².